The Morgan fingerprint density at radius 1 is 1.33 bits per heavy atom. The molecule has 0 spiro atoms. The number of carbonyl (C=O) groups is 1. The van der Waals surface area contributed by atoms with Crippen LogP contribution in [0.5, 0.6) is 0 Å². The monoisotopic (exact) mass is 395 g/mol. The van der Waals surface area contributed by atoms with Gasteiger partial charge in [-0.15, -0.1) is 0 Å². The van der Waals surface area contributed by atoms with E-state index < -0.39 is 0 Å². The fourth-order valence-corrected chi connectivity index (χ4v) is 2.75. The third kappa shape index (κ3) is 9.77. The molecule has 0 aliphatic heterocycles. The normalized spacial score (nSPS) is 8.74. The van der Waals surface area contributed by atoms with Gasteiger partial charge in [0.1, 0.15) is 0 Å². The molecule has 7 heteroatoms. The average Bonchev–Trinajstić information content (AvgIpc) is 2.92. The smallest absolute Gasteiger partial charge is 0.338 e. The third-order valence-corrected chi connectivity index (χ3v) is 3.63. The molecule has 152 valence electrons. The second-order valence-corrected chi connectivity index (χ2v) is 6.28. The lowest BCUT2D eigenvalue weighted by Crippen LogP contribution is -2.20. The average molecular weight is 396 g/mol. The van der Waals surface area contributed by atoms with E-state index in [-0.39, 0.29) is 10.8 Å². The molecule has 0 fully saturated rings. The van der Waals surface area contributed by atoms with Gasteiger partial charge in [0.05, 0.1) is 22.4 Å². The Morgan fingerprint density at radius 3 is 2.30 bits per heavy atom. The number of thiazole rings is 1. The van der Waals surface area contributed by atoms with Crippen LogP contribution in [0.25, 0.3) is 10.2 Å². The van der Waals surface area contributed by atoms with Crippen molar-refractivity contribution >= 4 is 27.5 Å². The fraction of sp³-hybridized carbons (Fsp3) is 0.400. The van der Waals surface area contributed by atoms with Gasteiger partial charge in [-0.05, 0) is 45.9 Å². The number of nitrogen functional groups attached to an aromatic ring is 1. The molecule has 0 aliphatic carbocycles. The van der Waals surface area contributed by atoms with E-state index in [1.165, 1.54) is 21.6 Å². The van der Waals surface area contributed by atoms with Crippen LogP contribution in [0.3, 0.4) is 0 Å². The number of nitrogens with one attached hydrogen (secondary N) is 1. The summed E-state index contributed by atoms with van der Waals surface area (Å²) in [4.78, 5) is 11.7. The highest BCUT2D eigenvalue weighted by atomic mass is 32.1. The van der Waals surface area contributed by atoms with Crippen molar-refractivity contribution < 1.29 is 14.6 Å². The van der Waals surface area contributed by atoms with Crippen LogP contribution < -0.4 is 10.6 Å². The predicted octanol–water partition coefficient (Wildman–Crippen LogP) is 4.24. The van der Waals surface area contributed by atoms with E-state index in [1.807, 2.05) is 20.8 Å². The van der Waals surface area contributed by atoms with Gasteiger partial charge in [0.15, 0.2) is 0 Å². The molecule has 0 unspecified atom stereocenters. The number of nitrogens with two attached hydrogens (primary N) is 1. The number of hydrogen-bond acceptors (Lipinski definition) is 6. The molecule has 0 radical (unpaired) electrons. The van der Waals surface area contributed by atoms with E-state index in [2.05, 4.69) is 26.5 Å². The summed E-state index contributed by atoms with van der Waals surface area (Å²) < 4.78 is 6.99. The van der Waals surface area contributed by atoms with Crippen LogP contribution in [0.1, 0.15) is 51.9 Å². The molecule has 1 heterocycles. The van der Waals surface area contributed by atoms with Crippen molar-refractivity contribution in [2.24, 2.45) is 0 Å². The van der Waals surface area contributed by atoms with Gasteiger partial charge in [0.25, 0.3) is 0 Å². The van der Waals surface area contributed by atoms with Crippen LogP contribution in [0.2, 0.25) is 0 Å². The lowest BCUT2D eigenvalue weighted by Gasteiger charge is -2.01. The molecule has 0 saturated carbocycles. The van der Waals surface area contributed by atoms with Gasteiger partial charge < -0.3 is 15.7 Å². The van der Waals surface area contributed by atoms with Gasteiger partial charge in [-0.3, -0.25) is 5.41 Å². The fourth-order valence-electron chi connectivity index (χ4n) is 1.89. The standard InChI is InChI=1S/C10H11N3O2S.C7H12.C2H6.CH4O/c1-2-15-9(14)6-3-4-7-8(5-6)16-10(11)13(7)12;1-6(2)5-7(3)4;2*1-2/h3-5,11H,2,12H2,1H3;5H,1H2,2-4H3;1-2H3;2H,1H3. The molecule has 6 nitrogen and oxygen atoms in total. The summed E-state index contributed by atoms with van der Waals surface area (Å²) in [5.41, 5.74) is 3.66. The third-order valence-electron chi connectivity index (χ3n) is 2.69. The van der Waals surface area contributed by atoms with Crippen molar-refractivity contribution in [3.8, 4) is 0 Å². The number of allylic oxidation sites excluding steroid dienone is 3. The summed E-state index contributed by atoms with van der Waals surface area (Å²) in [6.45, 7) is 16.0. The molecule has 1 aromatic heterocycles. The number of nitrogens with zero attached hydrogens (tertiary/aromatic N) is 1. The van der Waals surface area contributed by atoms with Crippen LogP contribution in [-0.4, -0.2) is 29.5 Å². The van der Waals surface area contributed by atoms with Crippen molar-refractivity contribution in [1.82, 2.24) is 4.68 Å². The first-order chi connectivity index (χ1) is 12.8. The maximum Gasteiger partial charge on any atom is 0.338 e. The first-order valence-corrected chi connectivity index (χ1v) is 9.45. The first kappa shape index (κ1) is 26.8. The molecule has 4 N–H and O–H groups in total. The highest BCUT2D eigenvalue weighted by molar-refractivity contribution is 7.16. The van der Waals surface area contributed by atoms with Crippen LogP contribution in [0.15, 0.2) is 42.0 Å². The van der Waals surface area contributed by atoms with Crippen molar-refractivity contribution in [2.45, 2.75) is 41.5 Å². The van der Waals surface area contributed by atoms with E-state index >= 15 is 0 Å². The molecule has 0 atom stereocenters. The molecule has 2 rings (SSSR count). The minimum absolute atomic E-state index is 0.246. The van der Waals surface area contributed by atoms with E-state index in [4.69, 9.17) is 21.1 Å². The van der Waals surface area contributed by atoms with E-state index in [1.54, 1.807) is 25.1 Å². The molecular formula is C20H33N3O3S. The summed E-state index contributed by atoms with van der Waals surface area (Å²) in [5.74, 6) is 5.29. The number of carbonyl (C=O) groups excluding carboxylic acids is 1. The number of benzene rings is 1. The Kier molecular flexibility index (Phi) is 14.7. The SMILES string of the molecule is C=C(C)C=C(C)C.CC.CCOC(=O)c1ccc2c(c1)sc(=N)n2N.CO. The quantitative estimate of drug-likeness (QED) is 0.411. The lowest BCUT2D eigenvalue weighted by molar-refractivity contribution is 0.0526. The number of esters is 1. The highest BCUT2D eigenvalue weighted by Crippen LogP contribution is 2.18. The van der Waals surface area contributed by atoms with Crippen LogP contribution in [0.4, 0.5) is 0 Å². The zero-order valence-corrected chi connectivity index (χ0v) is 18.2. The molecule has 0 aliphatic rings. The Morgan fingerprint density at radius 2 is 1.89 bits per heavy atom. The van der Waals surface area contributed by atoms with Crippen LogP contribution in [-0.2, 0) is 4.74 Å². The van der Waals surface area contributed by atoms with Crippen molar-refractivity contribution in [3.63, 3.8) is 0 Å². The van der Waals surface area contributed by atoms with Gasteiger partial charge >= 0.3 is 5.97 Å². The van der Waals surface area contributed by atoms with E-state index in [9.17, 15) is 4.79 Å². The number of aromatic nitrogens is 1. The molecule has 2 aromatic rings. The van der Waals surface area contributed by atoms with Gasteiger partial charge in [-0.2, -0.15) is 0 Å². The Hall–Kier alpha value is -2.38. The second-order valence-electron chi connectivity index (χ2n) is 5.25. The lowest BCUT2D eigenvalue weighted by atomic mass is 10.2. The topological polar surface area (TPSA) is 101 Å². The number of hydrogen-bond donors (Lipinski definition) is 3. The van der Waals surface area contributed by atoms with Gasteiger partial charge in [0.2, 0.25) is 4.80 Å². The summed E-state index contributed by atoms with van der Waals surface area (Å²) in [6.07, 6.45) is 2.06. The van der Waals surface area contributed by atoms with Crippen molar-refractivity contribution in [1.29, 1.82) is 5.41 Å². The zero-order valence-electron chi connectivity index (χ0n) is 17.4. The minimum Gasteiger partial charge on any atom is -0.462 e. The van der Waals surface area contributed by atoms with Crippen molar-refractivity contribution in [3.05, 3.63) is 52.4 Å². The van der Waals surface area contributed by atoms with Gasteiger partial charge in [0, 0.05) is 7.11 Å². The number of rotatable bonds is 3. The zero-order chi connectivity index (χ0) is 21.6. The van der Waals surface area contributed by atoms with Crippen molar-refractivity contribution in [2.75, 3.05) is 19.6 Å². The number of fused-ring (bicyclic) bond motifs is 1. The minimum atomic E-state index is -0.354. The summed E-state index contributed by atoms with van der Waals surface area (Å²) in [6, 6.07) is 5.06. The number of aliphatic hydroxyl groups excluding tert-OH is 1. The van der Waals surface area contributed by atoms with Crippen LogP contribution in [0, 0.1) is 5.41 Å². The van der Waals surface area contributed by atoms with E-state index in [0.29, 0.717) is 12.2 Å². The van der Waals surface area contributed by atoms with Gasteiger partial charge in [-0.1, -0.05) is 49.0 Å². The molecular weight excluding hydrogens is 362 g/mol. The first-order valence-electron chi connectivity index (χ1n) is 8.63. The highest BCUT2D eigenvalue weighted by Gasteiger charge is 2.09. The predicted molar refractivity (Wildman–Crippen MR) is 116 cm³/mol. The molecule has 27 heavy (non-hydrogen) atoms. The molecule has 0 bridgehead atoms. The maximum absolute atomic E-state index is 11.5. The molecule has 1 aromatic carbocycles. The Bertz CT molecular complexity index is 800. The summed E-state index contributed by atoms with van der Waals surface area (Å²) in [5, 5.41) is 14.5. The van der Waals surface area contributed by atoms with Gasteiger partial charge in [-0.25, -0.2) is 9.47 Å². The van der Waals surface area contributed by atoms with Crippen LogP contribution >= 0.6 is 11.3 Å². The molecule has 0 saturated heterocycles. The number of aliphatic hydroxyl groups is 1. The Labute approximate surface area is 166 Å². The second kappa shape index (κ2) is 14.8. The summed E-state index contributed by atoms with van der Waals surface area (Å²) >= 11 is 1.23. The number of ether oxygens (including phenoxy) is 1. The Balaban J connectivity index is 0. The van der Waals surface area contributed by atoms with E-state index in [0.717, 1.165) is 22.9 Å². The summed E-state index contributed by atoms with van der Waals surface area (Å²) in [7, 11) is 1.00. The molecule has 0 amide bonds. The largest absolute Gasteiger partial charge is 0.462 e. The maximum atomic E-state index is 11.5.